The van der Waals surface area contributed by atoms with E-state index in [4.69, 9.17) is 21.1 Å². The quantitative estimate of drug-likeness (QED) is 0.850. The number of methoxy groups -OCH3 is 2. The molecule has 1 aromatic carbocycles. The van der Waals surface area contributed by atoms with Crippen molar-refractivity contribution < 1.29 is 19.1 Å². The Hall–Kier alpha value is -2.05. The molecule has 0 aliphatic heterocycles. The molecule has 5 nitrogen and oxygen atoms in total. The summed E-state index contributed by atoms with van der Waals surface area (Å²) in [5, 5.41) is 2.77. The van der Waals surface area contributed by atoms with Gasteiger partial charge in [0.1, 0.15) is 11.3 Å². The summed E-state index contributed by atoms with van der Waals surface area (Å²) >= 11 is 7.01. The normalized spacial score (nSPS) is 10.1. The molecule has 0 spiro atoms. The van der Waals surface area contributed by atoms with E-state index in [-0.39, 0.29) is 12.5 Å². The van der Waals surface area contributed by atoms with Crippen LogP contribution in [0.2, 0.25) is 4.34 Å². The van der Waals surface area contributed by atoms with E-state index in [0.29, 0.717) is 20.5 Å². The molecule has 0 saturated heterocycles. The molecule has 7 heteroatoms. The fourth-order valence-corrected chi connectivity index (χ4v) is 2.80. The van der Waals surface area contributed by atoms with Gasteiger partial charge < -0.3 is 14.8 Å². The number of amides is 1. The van der Waals surface area contributed by atoms with Gasteiger partial charge in [0.25, 0.3) is 5.91 Å². The van der Waals surface area contributed by atoms with Crippen LogP contribution in [-0.4, -0.2) is 26.1 Å². The summed E-state index contributed by atoms with van der Waals surface area (Å²) < 4.78 is 10.4. The Morgan fingerprint density at radius 3 is 2.59 bits per heavy atom. The van der Waals surface area contributed by atoms with Crippen molar-refractivity contribution in [2.45, 2.75) is 6.54 Å². The average Bonchev–Trinajstić information content (AvgIpc) is 2.98. The number of carbonyl (C=O) groups excluding carboxylic acids is 2. The molecule has 0 atom stereocenters. The lowest BCUT2D eigenvalue weighted by molar-refractivity contribution is 0.0597. The van der Waals surface area contributed by atoms with E-state index in [1.807, 2.05) is 0 Å². The molecule has 1 amide bonds. The molecular weight excluding hydrogens is 326 g/mol. The first-order valence-electron chi connectivity index (χ1n) is 6.34. The summed E-state index contributed by atoms with van der Waals surface area (Å²) in [5.41, 5.74) is 1.08. The Morgan fingerprint density at radius 1 is 1.23 bits per heavy atom. The number of ether oxygens (including phenoxy) is 2. The molecule has 0 unspecified atom stereocenters. The first-order chi connectivity index (χ1) is 10.5. The van der Waals surface area contributed by atoms with Crippen LogP contribution in [0.15, 0.2) is 30.3 Å². The van der Waals surface area contributed by atoms with Crippen molar-refractivity contribution in [2.24, 2.45) is 0 Å². The molecular formula is C15H14ClNO4S. The second-order valence-corrected chi connectivity index (χ2v) is 6.03. The number of halogens is 1. The molecule has 1 heterocycles. The maximum atomic E-state index is 12.0. The Kier molecular flexibility index (Phi) is 5.41. The van der Waals surface area contributed by atoms with Crippen molar-refractivity contribution in [3.63, 3.8) is 0 Å². The van der Waals surface area contributed by atoms with Gasteiger partial charge in [0.05, 0.1) is 23.4 Å². The highest BCUT2D eigenvalue weighted by atomic mass is 35.5. The number of carbonyl (C=O) groups is 2. The number of rotatable bonds is 5. The highest BCUT2D eigenvalue weighted by molar-refractivity contribution is 7.17. The molecule has 0 saturated carbocycles. The summed E-state index contributed by atoms with van der Waals surface area (Å²) in [6.45, 7) is 0.280. The van der Waals surface area contributed by atoms with Crippen LogP contribution in [0.25, 0.3) is 0 Å². The third-order valence-corrected chi connectivity index (χ3v) is 4.15. The van der Waals surface area contributed by atoms with Crippen molar-refractivity contribution in [3.8, 4) is 5.75 Å². The number of esters is 1. The minimum Gasteiger partial charge on any atom is -0.496 e. The number of nitrogens with one attached hydrogen (secondary N) is 1. The lowest BCUT2D eigenvalue weighted by atomic mass is 10.1. The number of benzene rings is 1. The van der Waals surface area contributed by atoms with Crippen LogP contribution in [0.4, 0.5) is 0 Å². The van der Waals surface area contributed by atoms with Crippen molar-refractivity contribution in [3.05, 3.63) is 50.7 Å². The SMILES string of the molecule is COC(=O)c1cc(CNC(=O)c2ccc(Cl)s2)ccc1OC. The van der Waals surface area contributed by atoms with Gasteiger partial charge >= 0.3 is 5.97 Å². The van der Waals surface area contributed by atoms with Crippen LogP contribution in [-0.2, 0) is 11.3 Å². The molecule has 2 rings (SSSR count). The minimum absolute atomic E-state index is 0.215. The molecule has 0 bridgehead atoms. The highest BCUT2D eigenvalue weighted by Crippen LogP contribution is 2.22. The molecule has 1 aromatic heterocycles. The van der Waals surface area contributed by atoms with E-state index < -0.39 is 5.97 Å². The molecule has 116 valence electrons. The fraction of sp³-hybridized carbons (Fsp3) is 0.200. The number of hydrogen-bond donors (Lipinski definition) is 1. The molecule has 1 N–H and O–H groups in total. The summed E-state index contributed by atoms with van der Waals surface area (Å²) in [7, 11) is 2.78. The smallest absolute Gasteiger partial charge is 0.341 e. The molecule has 0 fully saturated rings. The van der Waals surface area contributed by atoms with Crippen LogP contribution >= 0.6 is 22.9 Å². The third-order valence-electron chi connectivity index (χ3n) is 2.92. The van der Waals surface area contributed by atoms with Gasteiger partial charge in [0.2, 0.25) is 0 Å². The Balaban J connectivity index is 2.10. The Bertz CT molecular complexity index is 699. The summed E-state index contributed by atoms with van der Waals surface area (Å²) in [4.78, 5) is 24.2. The van der Waals surface area contributed by atoms with Gasteiger partial charge in [0, 0.05) is 6.54 Å². The fourth-order valence-electron chi connectivity index (χ4n) is 1.84. The molecule has 0 radical (unpaired) electrons. The standard InChI is InChI=1S/C15H14ClNO4S/c1-20-11-4-3-9(7-10(11)15(19)21-2)8-17-14(18)12-5-6-13(16)22-12/h3-7H,8H2,1-2H3,(H,17,18). The van der Waals surface area contributed by atoms with Crippen LogP contribution in [0, 0.1) is 0 Å². The largest absolute Gasteiger partial charge is 0.496 e. The lowest BCUT2D eigenvalue weighted by Crippen LogP contribution is -2.22. The van der Waals surface area contributed by atoms with Crippen molar-refractivity contribution >= 4 is 34.8 Å². The highest BCUT2D eigenvalue weighted by Gasteiger charge is 2.14. The predicted octanol–water partition coefficient (Wildman–Crippen LogP) is 3.13. The van der Waals surface area contributed by atoms with Crippen molar-refractivity contribution in [1.82, 2.24) is 5.32 Å². The zero-order valence-electron chi connectivity index (χ0n) is 12.0. The lowest BCUT2D eigenvalue weighted by Gasteiger charge is -2.10. The van der Waals surface area contributed by atoms with Crippen LogP contribution in [0.1, 0.15) is 25.6 Å². The van der Waals surface area contributed by atoms with Gasteiger partial charge in [-0.05, 0) is 29.8 Å². The Labute approximate surface area is 136 Å². The van der Waals surface area contributed by atoms with Gasteiger partial charge in [-0.1, -0.05) is 17.7 Å². The van der Waals surface area contributed by atoms with Gasteiger partial charge in [-0.2, -0.15) is 0 Å². The van der Waals surface area contributed by atoms with E-state index in [0.717, 1.165) is 5.56 Å². The predicted molar refractivity (Wildman–Crippen MR) is 84.8 cm³/mol. The van der Waals surface area contributed by atoms with E-state index >= 15 is 0 Å². The van der Waals surface area contributed by atoms with E-state index in [1.54, 1.807) is 30.3 Å². The van der Waals surface area contributed by atoms with Gasteiger partial charge in [-0.25, -0.2) is 4.79 Å². The molecule has 22 heavy (non-hydrogen) atoms. The summed E-state index contributed by atoms with van der Waals surface area (Å²) in [5.74, 6) is -0.283. The van der Waals surface area contributed by atoms with Gasteiger partial charge in [0.15, 0.2) is 0 Å². The van der Waals surface area contributed by atoms with Crippen LogP contribution < -0.4 is 10.1 Å². The van der Waals surface area contributed by atoms with Crippen molar-refractivity contribution in [2.75, 3.05) is 14.2 Å². The average molecular weight is 340 g/mol. The van der Waals surface area contributed by atoms with Gasteiger partial charge in [-0.15, -0.1) is 11.3 Å². The first-order valence-corrected chi connectivity index (χ1v) is 7.53. The minimum atomic E-state index is -0.491. The summed E-state index contributed by atoms with van der Waals surface area (Å²) in [6.07, 6.45) is 0. The van der Waals surface area contributed by atoms with Crippen LogP contribution in [0.5, 0.6) is 5.75 Å². The summed E-state index contributed by atoms with van der Waals surface area (Å²) in [6, 6.07) is 8.40. The Morgan fingerprint density at radius 2 is 2.00 bits per heavy atom. The maximum absolute atomic E-state index is 12.0. The second-order valence-electron chi connectivity index (χ2n) is 4.31. The van der Waals surface area contributed by atoms with E-state index in [2.05, 4.69) is 5.32 Å². The first kappa shape index (κ1) is 16.3. The molecule has 2 aromatic rings. The topological polar surface area (TPSA) is 64.6 Å². The number of hydrogen-bond acceptors (Lipinski definition) is 5. The zero-order valence-corrected chi connectivity index (χ0v) is 13.6. The maximum Gasteiger partial charge on any atom is 0.341 e. The van der Waals surface area contributed by atoms with Gasteiger partial charge in [-0.3, -0.25) is 4.79 Å². The second kappa shape index (κ2) is 7.29. The number of thiophene rings is 1. The van der Waals surface area contributed by atoms with E-state index in [1.165, 1.54) is 25.6 Å². The molecule has 0 aliphatic rings. The van der Waals surface area contributed by atoms with Crippen molar-refractivity contribution in [1.29, 1.82) is 0 Å². The third kappa shape index (κ3) is 3.78. The monoisotopic (exact) mass is 339 g/mol. The molecule has 0 aliphatic carbocycles. The van der Waals surface area contributed by atoms with E-state index in [9.17, 15) is 9.59 Å². The van der Waals surface area contributed by atoms with Crippen LogP contribution in [0.3, 0.4) is 0 Å². The zero-order chi connectivity index (χ0) is 16.1.